The minimum atomic E-state index is -4.62. The average Bonchev–Trinajstić information content (AvgIpc) is 2.28. The molecule has 0 radical (unpaired) electrons. The number of hydrogen-bond acceptors (Lipinski definition) is 2. The van der Waals surface area contributed by atoms with Gasteiger partial charge >= 0.3 is 6.36 Å². The van der Waals surface area contributed by atoms with Gasteiger partial charge in [-0.1, -0.05) is 25.5 Å². The summed E-state index contributed by atoms with van der Waals surface area (Å²) < 4.78 is 40.0. The molecule has 1 atom stereocenters. The van der Waals surface area contributed by atoms with Crippen molar-refractivity contribution in [1.29, 1.82) is 0 Å². The fourth-order valence-electron chi connectivity index (χ4n) is 2.28. The van der Waals surface area contributed by atoms with E-state index in [-0.39, 0.29) is 5.75 Å². The van der Waals surface area contributed by atoms with E-state index in [9.17, 15) is 13.2 Å². The maximum absolute atomic E-state index is 12.0. The Bertz CT molecular complexity index is 412. The van der Waals surface area contributed by atoms with Gasteiger partial charge in [0.1, 0.15) is 5.75 Å². The lowest BCUT2D eigenvalue weighted by molar-refractivity contribution is -0.274. The van der Waals surface area contributed by atoms with Gasteiger partial charge in [0.05, 0.1) is 0 Å². The maximum Gasteiger partial charge on any atom is 0.573 e. The minimum absolute atomic E-state index is 0.165. The van der Waals surface area contributed by atoms with E-state index in [2.05, 4.69) is 17.0 Å². The van der Waals surface area contributed by atoms with Crippen LogP contribution in [0, 0.1) is 5.92 Å². The quantitative estimate of drug-likeness (QED) is 0.856. The second-order valence-electron chi connectivity index (χ2n) is 5.54. The van der Waals surface area contributed by atoms with Crippen molar-refractivity contribution in [3.8, 4) is 5.75 Å². The van der Waals surface area contributed by atoms with Crippen LogP contribution < -0.4 is 10.1 Å². The van der Waals surface area contributed by atoms with Crippen LogP contribution in [0.2, 0.25) is 0 Å². The number of ether oxygens (including phenoxy) is 1. The van der Waals surface area contributed by atoms with Crippen molar-refractivity contribution < 1.29 is 17.9 Å². The van der Waals surface area contributed by atoms with E-state index in [1.807, 2.05) is 0 Å². The lowest BCUT2D eigenvalue weighted by Gasteiger charge is -2.28. The Balaban J connectivity index is 1.77. The van der Waals surface area contributed by atoms with Crippen molar-refractivity contribution in [2.45, 2.75) is 45.0 Å². The molecule has 0 heterocycles. The molecule has 1 aromatic carbocycles. The van der Waals surface area contributed by atoms with Gasteiger partial charge in [0.25, 0.3) is 0 Å². The molecule has 112 valence electrons. The molecule has 0 bridgehead atoms. The van der Waals surface area contributed by atoms with Crippen molar-refractivity contribution in [3.05, 3.63) is 29.8 Å². The van der Waals surface area contributed by atoms with Gasteiger partial charge < -0.3 is 10.1 Å². The summed E-state index contributed by atoms with van der Waals surface area (Å²) in [5.74, 6) is 0.298. The van der Waals surface area contributed by atoms with Gasteiger partial charge in [0.15, 0.2) is 0 Å². The average molecular weight is 287 g/mol. The molecule has 1 aromatic rings. The van der Waals surface area contributed by atoms with Crippen molar-refractivity contribution in [2.24, 2.45) is 5.92 Å². The van der Waals surface area contributed by atoms with Gasteiger partial charge in [-0.25, -0.2) is 0 Å². The summed E-state index contributed by atoms with van der Waals surface area (Å²) in [6, 6.07) is 6.80. The van der Waals surface area contributed by atoms with Crippen LogP contribution in [0.3, 0.4) is 0 Å². The zero-order valence-corrected chi connectivity index (χ0v) is 11.5. The Labute approximate surface area is 117 Å². The van der Waals surface area contributed by atoms with Crippen molar-refractivity contribution >= 4 is 0 Å². The zero-order chi connectivity index (χ0) is 14.6. The topological polar surface area (TPSA) is 21.3 Å². The standard InChI is InChI=1S/C15H20F3NO/c1-11(10-19-13-3-2-4-13)9-12-5-7-14(8-6-12)20-15(16,17)18/h5-8,11,13,19H,2-4,9-10H2,1H3. The van der Waals surface area contributed by atoms with Crippen LogP contribution in [-0.4, -0.2) is 18.9 Å². The molecular weight excluding hydrogens is 267 g/mol. The zero-order valence-electron chi connectivity index (χ0n) is 11.5. The smallest absolute Gasteiger partial charge is 0.406 e. The molecule has 0 aliphatic heterocycles. The molecule has 2 rings (SSSR count). The number of halogens is 3. The molecule has 1 unspecified atom stereocenters. The molecule has 2 nitrogen and oxygen atoms in total. The third-order valence-corrected chi connectivity index (χ3v) is 3.60. The normalized spacial score (nSPS) is 17.6. The van der Waals surface area contributed by atoms with Crippen LogP contribution >= 0.6 is 0 Å². The Hall–Kier alpha value is -1.23. The fraction of sp³-hybridized carbons (Fsp3) is 0.600. The van der Waals surface area contributed by atoms with Crippen molar-refractivity contribution in [3.63, 3.8) is 0 Å². The van der Waals surface area contributed by atoms with Crippen LogP contribution in [0.5, 0.6) is 5.75 Å². The van der Waals surface area contributed by atoms with E-state index in [0.717, 1.165) is 18.5 Å². The third-order valence-electron chi connectivity index (χ3n) is 3.60. The molecule has 1 aliphatic rings. The van der Waals surface area contributed by atoms with Gasteiger partial charge in [-0.05, 0) is 49.4 Å². The summed E-state index contributed by atoms with van der Waals surface area (Å²) in [7, 11) is 0. The minimum Gasteiger partial charge on any atom is -0.406 e. The predicted octanol–water partition coefficient (Wildman–Crippen LogP) is 3.91. The molecule has 1 saturated carbocycles. The van der Waals surface area contributed by atoms with Gasteiger partial charge in [-0.3, -0.25) is 0 Å². The molecular formula is C15H20F3NO. The molecule has 0 aromatic heterocycles. The van der Waals surface area contributed by atoms with E-state index < -0.39 is 6.36 Å². The first-order valence-corrected chi connectivity index (χ1v) is 7.00. The van der Waals surface area contributed by atoms with E-state index in [4.69, 9.17) is 0 Å². The summed E-state index contributed by atoms with van der Waals surface area (Å²) in [4.78, 5) is 0. The van der Waals surface area contributed by atoms with Crippen LogP contribution in [-0.2, 0) is 6.42 Å². The first-order chi connectivity index (χ1) is 9.42. The van der Waals surface area contributed by atoms with Gasteiger partial charge in [-0.2, -0.15) is 0 Å². The highest BCUT2D eigenvalue weighted by molar-refractivity contribution is 5.27. The lowest BCUT2D eigenvalue weighted by atomic mass is 9.92. The van der Waals surface area contributed by atoms with Crippen molar-refractivity contribution in [2.75, 3.05) is 6.54 Å². The lowest BCUT2D eigenvalue weighted by Crippen LogP contribution is -2.38. The number of nitrogens with one attached hydrogen (secondary N) is 1. The Morgan fingerprint density at radius 3 is 2.40 bits per heavy atom. The van der Waals surface area contributed by atoms with Crippen molar-refractivity contribution in [1.82, 2.24) is 5.32 Å². The molecule has 0 saturated heterocycles. The molecule has 1 aliphatic carbocycles. The van der Waals surface area contributed by atoms with Gasteiger partial charge in [0.2, 0.25) is 0 Å². The summed E-state index contributed by atoms with van der Waals surface area (Å²) in [6.45, 7) is 3.09. The maximum atomic E-state index is 12.0. The summed E-state index contributed by atoms with van der Waals surface area (Å²) >= 11 is 0. The van der Waals surface area contributed by atoms with Crippen LogP contribution in [0.1, 0.15) is 31.7 Å². The van der Waals surface area contributed by atoms with Crippen LogP contribution in [0.15, 0.2) is 24.3 Å². The van der Waals surface area contributed by atoms with Crippen LogP contribution in [0.4, 0.5) is 13.2 Å². The Morgan fingerprint density at radius 1 is 1.25 bits per heavy atom. The molecule has 5 heteroatoms. The Morgan fingerprint density at radius 2 is 1.90 bits per heavy atom. The second kappa shape index (κ2) is 6.48. The molecule has 1 N–H and O–H groups in total. The summed E-state index contributed by atoms with van der Waals surface area (Å²) in [5.41, 5.74) is 1.03. The SMILES string of the molecule is CC(CNC1CCC1)Cc1ccc(OC(F)(F)F)cc1. The van der Waals surface area contributed by atoms with E-state index in [0.29, 0.717) is 12.0 Å². The monoisotopic (exact) mass is 287 g/mol. The first kappa shape index (κ1) is 15.2. The predicted molar refractivity (Wildman–Crippen MR) is 71.6 cm³/mol. The van der Waals surface area contributed by atoms with E-state index in [1.54, 1.807) is 12.1 Å². The summed E-state index contributed by atoms with van der Waals surface area (Å²) in [5, 5.41) is 3.51. The van der Waals surface area contributed by atoms with Gasteiger partial charge in [-0.15, -0.1) is 13.2 Å². The van der Waals surface area contributed by atoms with Gasteiger partial charge in [0, 0.05) is 6.04 Å². The molecule has 1 fully saturated rings. The molecule has 0 spiro atoms. The summed E-state index contributed by atoms with van der Waals surface area (Å²) in [6.07, 6.45) is 0.0621. The largest absolute Gasteiger partial charge is 0.573 e. The second-order valence-corrected chi connectivity index (χ2v) is 5.54. The third kappa shape index (κ3) is 5.04. The molecule has 20 heavy (non-hydrogen) atoms. The first-order valence-electron chi connectivity index (χ1n) is 7.00. The molecule has 0 amide bonds. The highest BCUT2D eigenvalue weighted by atomic mass is 19.4. The number of benzene rings is 1. The highest BCUT2D eigenvalue weighted by Gasteiger charge is 2.30. The fourth-order valence-corrected chi connectivity index (χ4v) is 2.28. The number of rotatable bonds is 6. The highest BCUT2D eigenvalue weighted by Crippen LogP contribution is 2.23. The Kier molecular flexibility index (Phi) is 4.91. The van der Waals surface area contributed by atoms with E-state index in [1.165, 1.54) is 31.4 Å². The number of hydrogen-bond donors (Lipinski definition) is 1. The van der Waals surface area contributed by atoms with Crippen LogP contribution in [0.25, 0.3) is 0 Å². The number of alkyl halides is 3. The van der Waals surface area contributed by atoms with E-state index >= 15 is 0 Å².